The van der Waals surface area contributed by atoms with Crippen LogP contribution in [-0.2, 0) is 10.9 Å². The smallest absolute Gasteiger partial charge is 0.229 e. The Morgan fingerprint density at radius 1 is 1.00 bits per heavy atom. The first kappa shape index (κ1) is 12.6. The quantitative estimate of drug-likeness (QED) is 0.862. The predicted molar refractivity (Wildman–Crippen MR) is 74.5 cm³/mol. The summed E-state index contributed by atoms with van der Waals surface area (Å²) in [5.74, 6) is 0. The average Bonchev–Trinajstić information content (AvgIpc) is 2.32. The Bertz CT molecular complexity index is 610. The van der Waals surface area contributed by atoms with Gasteiger partial charge in [-0.25, -0.2) is 12.7 Å². The first-order valence-electron chi connectivity index (χ1n) is 5.51. The Morgan fingerprint density at radius 3 is 2.22 bits per heavy atom. The SMILES string of the molecule is [CH2]c1ccc(N(c2cccc(C)c2)[SH](=O)=O)cc1. The van der Waals surface area contributed by atoms with Gasteiger partial charge in [0.15, 0.2) is 0 Å². The minimum Gasteiger partial charge on any atom is -0.241 e. The van der Waals surface area contributed by atoms with Crippen LogP contribution < -0.4 is 4.31 Å². The van der Waals surface area contributed by atoms with Crippen LogP contribution in [0.3, 0.4) is 0 Å². The van der Waals surface area contributed by atoms with Crippen LogP contribution in [0.15, 0.2) is 48.5 Å². The summed E-state index contributed by atoms with van der Waals surface area (Å²) >= 11 is 0. The van der Waals surface area contributed by atoms with E-state index in [0.717, 1.165) is 11.1 Å². The zero-order valence-electron chi connectivity index (χ0n) is 10.0. The van der Waals surface area contributed by atoms with Crippen LogP contribution in [-0.4, -0.2) is 8.42 Å². The van der Waals surface area contributed by atoms with Crippen molar-refractivity contribution in [2.75, 3.05) is 4.31 Å². The van der Waals surface area contributed by atoms with Crippen molar-refractivity contribution < 1.29 is 8.42 Å². The molecular weight excluding hydrogens is 246 g/mol. The summed E-state index contributed by atoms with van der Waals surface area (Å²) in [6.45, 7) is 5.71. The van der Waals surface area contributed by atoms with Crippen molar-refractivity contribution in [2.45, 2.75) is 6.92 Å². The number of hydrogen-bond acceptors (Lipinski definition) is 2. The van der Waals surface area contributed by atoms with E-state index in [4.69, 9.17) is 0 Å². The third-order valence-electron chi connectivity index (χ3n) is 2.59. The standard InChI is InChI=1S/C14H14NO2S/c1-11-6-8-13(9-7-11)15(18(16)17)14-5-3-4-12(2)10-14/h3-10,18H,1H2,2H3. The summed E-state index contributed by atoms with van der Waals surface area (Å²) < 4.78 is 24.2. The van der Waals surface area contributed by atoms with Crippen molar-refractivity contribution >= 4 is 22.3 Å². The van der Waals surface area contributed by atoms with E-state index >= 15 is 0 Å². The second kappa shape index (κ2) is 5.23. The molecule has 0 bridgehead atoms. The van der Waals surface area contributed by atoms with Crippen LogP contribution >= 0.6 is 0 Å². The molecule has 0 aliphatic carbocycles. The highest BCUT2D eigenvalue weighted by molar-refractivity contribution is 7.74. The molecule has 0 unspecified atom stereocenters. The zero-order chi connectivity index (χ0) is 13.1. The molecule has 0 N–H and O–H groups in total. The number of anilines is 2. The highest BCUT2D eigenvalue weighted by Crippen LogP contribution is 2.26. The molecule has 0 saturated heterocycles. The lowest BCUT2D eigenvalue weighted by Gasteiger charge is -2.18. The van der Waals surface area contributed by atoms with Gasteiger partial charge in [0.2, 0.25) is 10.9 Å². The highest BCUT2D eigenvalue weighted by Gasteiger charge is 2.11. The van der Waals surface area contributed by atoms with Gasteiger partial charge in [-0.1, -0.05) is 24.3 Å². The maximum atomic E-state index is 11.4. The summed E-state index contributed by atoms with van der Waals surface area (Å²) in [7, 11) is -2.73. The topological polar surface area (TPSA) is 37.4 Å². The summed E-state index contributed by atoms with van der Waals surface area (Å²) in [6.07, 6.45) is 0. The second-order valence-corrected chi connectivity index (χ2v) is 4.93. The molecule has 4 heteroatoms. The van der Waals surface area contributed by atoms with E-state index in [0.29, 0.717) is 11.4 Å². The molecule has 0 aromatic heterocycles. The van der Waals surface area contributed by atoms with Gasteiger partial charge in [0, 0.05) is 0 Å². The largest absolute Gasteiger partial charge is 0.241 e. The van der Waals surface area contributed by atoms with E-state index < -0.39 is 10.9 Å². The molecule has 2 rings (SSSR count). The first-order valence-corrected chi connectivity index (χ1v) is 6.64. The first-order chi connectivity index (χ1) is 8.58. The van der Waals surface area contributed by atoms with Gasteiger partial charge >= 0.3 is 0 Å². The normalized spacial score (nSPS) is 10.6. The van der Waals surface area contributed by atoms with E-state index in [9.17, 15) is 8.42 Å². The predicted octanol–water partition coefficient (Wildman–Crippen LogP) is 2.84. The monoisotopic (exact) mass is 260 g/mol. The third-order valence-corrected chi connectivity index (χ3v) is 3.38. The van der Waals surface area contributed by atoms with Crippen molar-refractivity contribution in [3.05, 3.63) is 66.6 Å². The molecule has 0 atom stereocenters. The molecule has 0 aliphatic rings. The summed E-state index contributed by atoms with van der Waals surface area (Å²) in [6, 6.07) is 14.4. The molecule has 0 fully saturated rings. The summed E-state index contributed by atoms with van der Waals surface area (Å²) in [4.78, 5) is 0. The van der Waals surface area contributed by atoms with Gasteiger partial charge in [0.05, 0.1) is 11.4 Å². The van der Waals surface area contributed by atoms with E-state index in [2.05, 4.69) is 6.92 Å². The molecule has 1 radical (unpaired) electrons. The Labute approximate surface area is 109 Å². The lowest BCUT2D eigenvalue weighted by molar-refractivity contribution is 0.614. The molecule has 2 aromatic carbocycles. The van der Waals surface area contributed by atoms with E-state index in [1.54, 1.807) is 30.3 Å². The summed E-state index contributed by atoms with van der Waals surface area (Å²) in [5.41, 5.74) is 3.12. The van der Waals surface area contributed by atoms with Gasteiger partial charge in [0.1, 0.15) is 0 Å². The van der Waals surface area contributed by atoms with Gasteiger partial charge in [-0.3, -0.25) is 0 Å². The van der Waals surface area contributed by atoms with Crippen molar-refractivity contribution in [1.82, 2.24) is 0 Å². The summed E-state index contributed by atoms with van der Waals surface area (Å²) in [5, 5.41) is 0. The molecule has 0 amide bonds. The lowest BCUT2D eigenvalue weighted by Crippen LogP contribution is -2.14. The second-order valence-electron chi connectivity index (χ2n) is 4.06. The molecular formula is C14H14NO2S. The van der Waals surface area contributed by atoms with Gasteiger partial charge in [-0.2, -0.15) is 0 Å². The fraction of sp³-hybridized carbons (Fsp3) is 0.0714. The fourth-order valence-corrected chi connectivity index (χ4v) is 2.37. The molecule has 0 aliphatic heterocycles. The van der Waals surface area contributed by atoms with Crippen molar-refractivity contribution in [3.8, 4) is 0 Å². The fourth-order valence-electron chi connectivity index (χ4n) is 1.73. The molecule has 18 heavy (non-hydrogen) atoms. The average molecular weight is 260 g/mol. The Hall–Kier alpha value is -1.81. The van der Waals surface area contributed by atoms with E-state index in [-0.39, 0.29) is 0 Å². The maximum Gasteiger partial charge on any atom is 0.229 e. The number of benzene rings is 2. The molecule has 0 spiro atoms. The van der Waals surface area contributed by atoms with E-state index in [1.165, 1.54) is 4.31 Å². The Kier molecular flexibility index (Phi) is 3.67. The maximum absolute atomic E-state index is 11.4. The number of thiol groups is 1. The highest BCUT2D eigenvalue weighted by atomic mass is 32.2. The number of aryl methyl sites for hydroxylation is 1. The number of nitrogens with zero attached hydrogens (tertiary/aromatic N) is 1. The third kappa shape index (κ3) is 2.71. The zero-order valence-corrected chi connectivity index (χ0v) is 10.9. The van der Waals surface area contributed by atoms with Gasteiger partial charge in [-0.05, 0) is 49.2 Å². The van der Waals surface area contributed by atoms with Crippen molar-refractivity contribution in [3.63, 3.8) is 0 Å². The molecule has 93 valence electrons. The van der Waals surface area contributed by atoms with Crippen molar-refractivity contribution in [1.29, 1.82) is 0 Å². The van der Waals surface area contributed by atoms with Crippen molar-refractivity contribution in [2.24, 2.45) is 0 Å². The van der Waals surface area contributed by atoms with Crippen LogP contribution in [0.2, 0.25) is 0 Å². The van der Waals surface area contributed by atoms with Crippen LogP contribution in [0.1, 0.15) is 11.1 Å². The number of hydrogen-bond donors (Lipinski definition) is 1. The molecule has 3 nitrogen and oxygen atoms in total. The van der Waals surface area contributed by atoms with Gasteiger partial charge < -0.3 is 0 Å². The lowest BCUT2D eigenvalue weighted by atomic mass is 10.2. The van der Waals surface area contributed by atoms with Crippen LogP contribution in [0.5, 0.6) is 0 Å². The molecule has 0 heterocycles. The Balaban J connectivity index is 2.50. The minimum absolute atomic E-state index is 0.615. The van der Waals surface area contributed by atoms with Gasteiger partial charge in [-0.15, -0.1) is 0 Å². The molecule has 0 saturated carbocycles. The number of rotatable bonds is 3. The minimum atomic E-state index is -2.73. The van der Waals surface area contributed by atoms with Gasteiger partial charge in [0.25, 0.3) is 0 Å². The van der Waals surface area contributed by atoms with Crippen LogP contribution in [0.4, 0.5) is 11.4 Å². The molecule has 2 aromatic rings. The van der Waals surface area contributed by atoms with E-state index in [1.807, 2.05) is 25.1 Å². The Morgan fingerprint density at radius 2 is 1.67 bits per heavy atom. The van der Waals surface area contributed by atoms with Crippen LogP contribution in [0.25, 0.3) is 0 Å². The van der Waals surface area contributed by atoms with Crippen LogP contribution in [0, 0.1) is 13.8 Å².